The van der Waals surface area contributed by atoms with Crippen molar-refractivity contribution < 1.29 is 4.74 Å². The maximum Gasteiger partial charge on any atom is 0.102 e. The van der Waals surface area contributed by atoms with Gasteiger partial charge in [0.05, 0.1) is 6.04 Å². The maximum atomic E-state index is 5.80. The number of hydrogen-bond acceptors (Lipinski definition) is 3. The van der Waals surface area contributed by atoms with Crippen LogP contribution >= 0.6 is 11.3 Å². The van der Waals surface area contributed by atoms with E-state index in [0.717, 1.165) is 13.0 Å². The zero-order valence-electron chi connectivity index (χ0n) is 12.4. The Kier molecular flexibility index (Phi) is 5.77. The number of hydrogen-bond donors (Lipinski definition) is 1. The number of nitrogens with one attached hydrogen (secondary N) is 1. The van der Waals surface area contributed by atoms with E-state index < -0.39 is 0 Å². The van der Waals surface area contributed by atoms with Gasteiger partial charge in [0.2, 0.25) is 0 Å². The minimum atomic E-state index is 0.0424. The van der Waals surface area contributed by atoms with Gasteiger partial charge in [-0.05, 0) is 37.6 Å². The predicted molar refractivity (Wildman–Crippen MR) is 86.3 cm³/mol. The zero-order chi connectivity index (χ0) is 14.4. The van der Waals surface area contributed by atoms with Crippen molar-refractivity contribution >= 4 is 11.3 Å². The molecule has 0 amide bonds. The van der Waals surface area contributed by atoms with Crippen molar-refractivity contribution in [3.05, 3.63) is 57.8 Å². The van der Waals surface area contributed by atoms with Gasteiger partial charge < -0.3 is 10.1 Å². The van der Waals surface area contributed by atoms with Crippen LogP contribution in [0, 0.1) is 6.92 Å². The first-order chi connectivity index (χ1) is 9.76. The van der Waals surface area contributed by atoms with Crippen LogP contribution in [0.2, 0.25) is 0 Å². The second kappa shape index (κ2) is 7.58. The van der Waals surface area contributed by atoms with E-state index in [-0.39, 0.29) is 12.1 Å². The molecule has 108 valence electrons. The molecule has 0 radical (unpaired) electrons. The predicted octanol–water partition coefficient (Wildman–Crippen LogP) is 4.48. The highest BCUT2D eigenvalue weighted by Crippen LogP contribution is 2.35. The standard InChI is InChI=1S/C17H23NOS/c1-4-12-18-16(15-11-10-13(2)20-15)17(19-3)14-8-6-5-7-9-14/h5-11,16-18H,4,12H2,1-3H3. The van der Waals surface area contributed by atoms with E-state index >= 15 is 0 Å². The summed E-state index contributed by atoms with van der Waals surface area (Å²) in [4.78, 5) is 2.68. The van der Waals surface area contributed by atoms with Crippen LogP contribution in [0.3, 0.4) is 0 Å². The lowest BCUT2D eigenvalue weighted by Crippen LogP contribution is -2.28. The van der Waals surface area contributed by atoms with Crippen molar-refractivity contribution in [2.75, 3.05) is 13.7 Å². The molecule has 1 heterocycles. The Labute approximate surface area is 125 Å². The smallest absolute Gasteiger partial charge is 0.102 e. The largest absolute Gasteiger partial charge is 0.375 e. The molecule has 0 aliphatic heterocycles. The van der Waals surface area contributed by atoms with Crippen LogP contribution < -0.4 is 5.32 Å². The molecule has 0 saturated carbocycles. The van der Waals surface area contributed by atoms with Crippen LogP contribution in [0.1, 0.15) is 40.8 Å². The molecule has 0 spiro atoms. The van der Waals surface area contributed by atoms with Gasteiger partial charge in [0, 0.05) is 16.9 Å². The Bertz CT molecular complexity index is 509. The van der Waals surface area contributed by atoms with Gasteiger partial charge in [0.1, 0.15) is 6.10 Å². The van der Waals surface area contributed by atoms with Gasteiger partial charge in [-0.2, -0.15) is 0 Å². The van der Waals surface area contributed by atoms with Crippen LogP contribution in [0.5, 0.6) is 0 Å². The first-order valence-corrected chi connectivity index (χ1v) is 7.95. The second-order valence-corrected chi connectivity index (χ2v) is 6.27. The highest BCUT2D eigenvalue weighted by Gasteiger charge is 2.25. The zero-order valence-corrected chi connectivity index (χ0v) is 13.2. The van der Waals surface area contributed by atoms with Crippen LogP contribution in [0.15, 0.2) is 42.5 Å². The molecular weight excluding hydrogens is 266 g/mol. The summed E-state index contributed by atoms with van der Waals surface area (Å²) < 4.78 is 5.80. The van der Waals surface area contributed by atoms with Gasteiger partial charge in [0.25, 0.3) is 0 Å². The lowest BCUT2D eigenvalue weighted by atomic mass is 10.0. The monoisotopic (exact) mass is 289 g/mol. The molecule has 3 heteroatoms. The minimum absolute atomic E-state index is 0.0424. The highest BCUT2D eigenvalue weighted by atomic mass is 32.1. The molecule has 2 rings (SSSR count). The molecule has 0 saturated heterocycles. The first kappa shape index (κ1) is 15.2. The molecule has 2 unspecified atom stereocenters. The molecule has 0 aliphatic rings. The van der Waals surface area contributed by atoms with Gasteiger partial charge in [-0.25, -0.2) is 0 Å². The van der Waals surface area contributed by atoms with Crippen molar-refractivity contribution in [1.82, 2.24) is 5.32 Å². The summed E-state index contributed by atoms with van der Waals surface area (Å²) in [6.45, 7) is 5.33. The topological polar surface area (TPSA) is 21.3 Å². The third-order valence-corrected chi connectivity index (χ3v) is 4.45. The Morgan fingerprint density at radius 2 is 1.90 bits per heavy atom. The molecule has 0 bridgehead atoms. The molecule has 0 fully saturated rings. The molecule has 2 aromatic rings. The summed E-state index contributed by atoms with van der Waals surface area (Å²) in [7, 11) is 1.79. The summed E-state index contributed by atoms with van der Waals surface area (Å²) in [5, 5.41) is 3.63. The molecule has 2 nitrogen and oxygen atoms in total. The van der Waals surface area contributed by atoms with Crippen molar-refractivity contribution in [3.8, 4) is 0 Å². The quantitative estimate of drug-likeness (QED) is 0.811. The third-order valence-electron chi connectivity index (χ3n) is 3.37. The molecular formula is C17H23NOS. The van der Waals surface area contributed by atoms with Gasteiger partial charge in [-0.1, -0.05) is 37.3 Å². The number of methoxy groups -OCH3 is 1. The average molecular weight is 289 g/mol. The van der Waals surface area contributed by atoms with Crippen LogP contribution in [-0.4, -0.2) is 13.7 Å². The summed E-state index contributed by atoms with van der Waals surface area (Å²) >= 11 is 1.84. The molecule has 1 N–H and O–H groups in total. The summed E-state index contributed by atoms with van der Waals surface area (Å²) in [5.74, 6) is 0. The number of aryl methyl sites for hydroxylation is 1. The van der Waals surface area contributed by atoms with Crippen molar-refractivity contribution in [2.45, 2.75) is 32.4 Å². The van der Waals surface area contributed by atoms with Crippen LogP contribution in [0.4, 0.5) is 0 Å². The average Bonchev–Trinajstić information content (AvgIpc) is 2.90. The van der Waals surface area contributed by atoms with E-state index in [9.17, 15) is 0 Å². The minimum Gasteiger partial charge on any atom is -0.375 e. The summed E-state index contributed by atoms with van der Waals surface area (Å²) in [5.41, 5.74) is 1.22. The van der Waals surface area contributed by atoms with E-state index in [1.807, 2.05) is 17.4 Å². The fourth-order valence-electron chi connectivity index (χ4n) is 2.38. The Hall–Kier alpha value is -1.16. The molecule has 20 heavy (non-hydrogen) atoms. The van der Waals surface area contributed by atoms with E-state index in [0.29, 0.717) is 0 Å². The number of rotatable bonds is 7. The highest BCUT2D eigenvalue weighted by molar-refractivity contribution is 7.12. The third kappa shape index (κ3) is 3.69. The summed E-state index contributed by atoms with van der Waals surface area (Å²) in [6, 6.07) is 15.0. The van der Waals surface area contributed by atoms with Crippen molar-refractivity contribution in [2.24, 2.45) is 0 Å². The normalized spacial score (nSPS) is 14.2. The second-order valence-electron chi connectivity index (χ2n) is 4.95. The Morgan fingerprint density at radius 3 is 2.45 bits per heavy atom. The molecule has 1 aromatic carbocycles. The van der Waals surface area contributed by atoms with Crippen LogP contribution in [0.25, 0.3) is 0 Å². The van der Waals surface area contributed by atoms with E-state index in [1.54, 1.807) is 7.11 Å². The van der Waals surface area contributed by atoms with Gasteiger partial charge in [-0.15, -0.1) is 11.3 Å². The summed E-state index contributed by atoms with van der Waals surface area (Å²) in [6.07, 6.45) is 1.16. The SMILES string of the molecule is CCCNC(c1ccc(C)s1)C(OC)c1ccccc1. The first-order valence-electron chi connectivity index (χ1n) is 7.13. The Morgan fingerprint density at radius 1 is 1.15 bits per heavy atom. The molecule has 2 atom stereocenters. The molecule has 1 aromatic heterocycles. The number of thiophene rings is 1. The van der Waals surface area contributed by atoms with Crippen molar-refractivity contribution in [1.29, 1.82) is 0 Å². The number of benzene rings is 1. The van der Waals surface area contributed by atoms with Crippen molar-refractivity contribution in [3.63, 3.8) is 0 Å². The van der Waals surface area contributed by atoms with Gasteiger partial charge >= 0.3 is 0 Å². The van der Waals surface area contributed by atoms with E-state index in [2.05, 4.69) is 55.6 Å². The Balaban J connectivity index is 2.28. The van der Waals surface area contributed by atoms with E-state index in [4.69, 9.17) is 4.74 Å². The van der Waals surface area contributed by atoms with Gasteiger partial charge in [0.15, 0.2) is 0 Å². The lowest BCUT2D eigenvalue weighted by molar-refractivity contribution is 0.0687. The van der Waals surface area contributed by atoms with Crippen LogP contribution in [-0.2, 0) is 4.74 Å². The molecule has 0 aliphatic carbocycles. The fraction of sp³-hybridized carbons (Fsp3) is 0.412. The van der Waals surface area contributed by atoms with Gasteiger partial charge in [-0.3, -0.25) is 0 Å². The maximum absolute atomic E-state index is 5.80. The van der Waals surface area contributed by atoms with E-state index in [1.165, 1.54) is 15.3 Å². The number of ether oxygens (including phenoxy) is 1. The fourth-order valence-corrected chi connectivity index (χ4v) is 3.36. The lowest BCUT2D eigenvalue weighted by Gasteiger charge is -2.26.